The predicted octanol–water partition coefficient (Wildman–Crippen LogP) is 5.86. The average molecular weight is 512 g/mol. The number of hydrogen-bond donors (Lipinski definition) is 1. The average Bonchev–Trinajstić information content (AvgIpc) is 3.21. The minimum Gasteiger partial charge on any atom is -0.492 e. The smallest absolute Gasteiger partial charge is 0.257 e. The number of benzene rings is 3. The minimum absolute atomic E-state index is 0.0400. The first-order valence-corrected chi connectivity index (χ1v) is 12.2. The molecule has 1 heterocycles. The highest BCUT2D eigenvalue weighted by Gasteiger charge is 2.11. The maximum Gasteiger partial charge on any atom is 0.257 e. The zero-order valence-corrected chi connectivity index (χ0v) is 21.0. The molecule has 0 radical (unpaired) electrons. The van der Waals surface area contributed by atoms with E-state index < -0.39 is 0 Å². The Hall–Kier alpha value is -3.22. The molecule has 6 nitrogen and oxygen atoms in total. The molecule has 0 aliphatic carbocycles. The third-order valence-corrected chi connectivity index (χ3v) is 6.21. The number of para-hydroxylation sites is 2. The van der Waals surface area contributed by atoms with Gasteiger partial charge in [-0.1, -0.05) is 35.3 Å². The number of halogens is 2. The molecule has 0 unspecified atom stereocenters. The number of carbonyl (C=O) groups excluding carboxylic acids is 1. The highest BCUT2D eigenvalue weighted by atomic mass is 35.5. The Morgan fingerprint density at radius 1 is 1.00 bits per heavy atom. The number of fused-ring (bicyclic) bond motifs is 1. The van der Waals surface area contributed by atoms with E-state index in [1.807, 2.05) is 43.3 Å². The van der Waals surface area contributed by atoms with Gasteiger partial charge in [0.2, 0.25) is 0 Å². The maximum absolute atomic E-state index is 12.1. The van der Waals surface area contributed by atoms with Crippen LogP contribution in [0.25, 0.3) is 11.0 Å². The van der Waals surface area contributed by atoms with E-state index in [1.165, 1.54) is 0 Å². The van der Waals surface area contributed by atoms with Crippen LogP contribution in [0.15, 0.2) is 66.7 Å². The summed E-state index contributed by atoms with van der Waals surface area (Å²) in [4.78, 5) is 16.9. The van der Waals surface area contributed by atoms with Crippen LogP contribution in [0.4, 0.5) is 0 Å². The van der Waals surface area contributed by atoms with Crippen LogP contribution in [-0.4, -0.2) is 35.2 Å². The first-order valence-electron chi connectivity index (χ1n) is 11.5. The fraction of sp³-hybridized carbons (Fsp3) is 0.259. The van der Waals surface area contributed by atoms with Crippen molar-refractivity contribution in [2.24, 2.45) is 0 Å². The van der Waals surface area contributed by atoms with E-state index in [0.29, 0.717) is 30.5 Å². The molecule has 4 rings (SSSR count). The van der Waals surface area contributed by atoms with E-state index in [2.05, 4.69) is 16.0 Å². The second-order valence-electron chi connectivity index (χ2n) is 8.12. The van der Waals surface area contributed by atoms with Gasteiger partial charge in [-0.3, -0.25) is 4.79 Å². The Morgan fingerprint density at radius 2 is 1.77 bits per heavy atom. The van der Waals surface area contributed by atoms with Gasteiger partial charge in [0.25, 0.3) is 5.91 Å². The molecule has 8 heteroatoms. The molecule has 1 amide bonds. The standard InChI is InChI=1S/C27H27Cl2N3O3/c1-19-17-22(12-13-23(19)29)34-16-15-32-25-6-3-2-5-24(25)31-26(32)7-4-14-30-27(33)18-35-21-10-8-20(28)9-11-21/h2-3,5-6,8-13,17H,4,7,14-16,18H2,1H3,(H,30,33). The Bertz CT molecular complexity index is 1290. The van der Waals surface area contributed by atoms with Crippen molar-refractivity contribution in [3.8, 4) is 11.5 Å². The lowest BCUT2D eigenvalue weighted by Crippen LogP contribution is -2.30. The summed E-state index contributed by atoms with van der Waals surface area (Å²) in [7, 11) is 0. The lowest BCUT2D eigenvalue weighted by Gasteiger charge is -2.12. The summed E-state index contributed by atoms with van der Waals surface area (Å²) in [6, 6.07) is 20.6. The SMILES string of the molecule is Cc1cc(OCCn2c(CCCNC(=O)COc3ccc(Cl)cc3)nc3ccccc32)ccc1Cl. The van der Waals surface area contributed by atoms with Gasteiger partial charge in [0.1, 0.15) is 23.9 Å². The zero-order chi connectivity index (χ0) is 24.6. The summed E-state index contributed by atoms with van der Waals surface area (Å²) in [5.74, 6) is 2.20. The highest BCUT2D eigenvalue weighted by molar-refractivity contribution is 6.31. The lowest BCUT2D eigenvalue weighted by atomic mass is 10.2. The van der Waals surface area contributed by atoms with Crippen LogP contribution in [0.2, 0.25) is 10.0 Å². The van der Waals surface area contributed by atoms with Crippen LogP contribution in [0.3, 0.4) is 0 Å². The van der Waals surface area contributed by atoms with E-state index >= 15 is 0 Å². The van der Waals surface area contributed by atoms with Gasteiger partial charge in [0.15, 0.2) is 6.61 Å². The molecule has 4 aromatic rings. The lowest BCUT2D eigenvalue weighted by molar-refractivity contribution is -0.123. The molecule has 1 aromatic heterocycles. The zero-order valence-electron chi connectivity index (χ0n) is 19.5. The van der Waals surface area contributed by atoms with Crippen LogP contribution in [0, 0.1) is 6.92 Å². The van der Waals surface area contributed by atoms with Crippen LogP contribution in [-0.2, 0) is 17.8 Å². The Morgan fingerprint density at radius 3 is 2.57 bits per heavy atom. The van der Waals surface area contributed by atoms with Crippen LogP contribution in [0.1, 0.15) is 17.8 Å². The van der Waals surface area contributed by atoms with Gasteiger partial charge >= 0.3 is 0 Å². The van der Waals surface area contributed by atoms with Crippen molar-refractivity contribution in [2.75, 3.05) is 19.8 Å². The number of aryl methyl sites for hydroxylation is 2. The van der Waals surface area contributed by atoms with Gasteiger partial charge in [0, 0.05) is 23.0 Å². The Labute approximate surface area is 214 Å². The van der Waals surface area contributed by atoms with Gasteiger partial charge in [0.05, 0.1) is 17.6 Å². The van der Waals surface area contributed by atoms with Gasteiger partial charge in [-0.2, -0.15) is 0 Å². The van der Waals surface area contributed by atoms with Crippen LogP contribution >= 0.6 is 23.2 Å². The molecule has 182 valence electrons. The van der Waals surface area contributed by atoms with Crippen LogP contribution in [0.5, 0.6) is 11.5 Å². The second kappa shape index (κ2) is 12.0. The van der Waals surface area contributed by atoms with Crippen molar-refractivity contribution in [1.82, 2.24) is 14.9 Å². The normalized spacial score (nSPS) is 10.9. The summed E-state index contributed by atoms with van der Waals surface area (Å²) in [6.45, 7) is 3.62. The van der Waals surface area contributed by atoms with Crippen molar-refractivity contribution < 1.29 is 14.3 Å². The number of hydrogen-bond acceptors (Lipinski definition) is 4. The van der Waals surface area contributed by atoms with Crippen molar-refractivity contribution in [3.63, 3.8) is 0 Å². The molecular weight excluding hydrogens is 485 g/mol. The molecule has 0 spiro atoms. The van der Waals surface area contributed by atoms with E-state index in [0.717, 1.165) is 46.0 Å². The summed E-state index contributed by atoms with van der Waals surface area (Å²) in [5.41, 5.74) is 3.00. The number of nitrogens with one attached hydrogen (secondary N) is 1. The first-order chi connectivity index (χ1) is 17.0. The second-order valence-corrected chi connectivity index (χ2v) is 8.97. The van der Waals surface area contributed by atoms with E-state index in [9.17, 15) is 4.79 Å². The topological polar surface area (TPSA) is 65.4 Å². The molecule has 0 atom stereocenters. The first kappa shape index (κ1) is 24.9. The van der Waals surface area contributed by atoms with Crippen LogP contribution < -0.4 is 14.8 Å². The van der Waals surface area contributed by atoms with E-state index in [-0.39, 0.29) is 12.5 Å². The number of rotatable bonds is 11. The Balaban J connectivity index is 1.28. The fourth-order valence-electron chi connectivity index (χ4n) is 3.73. The van der Waals surface area contributed by atoms with Gasteiger partial charge in [-0.25, -0.2) is 4.98 Å². The number of carbonyl (C=O) groups is 1. The van der Waals surface area contributed by atoms with Crippen molar-refractivity contribution in [1.29, 1.82) is 0 Å². The molecule has 0 bridgehead atoms. The minimum atomic E-state index is -0.167. The number of imidazole rings is 1. The number of nitrogens with zero attached hydrogens (tertiary/aromatic N) is 2. The van der Waals surface area contributed by atoms with Crippen molar-refractivity contribution >= 4 is 40.1 Å². The fourth-order valence-corrected chi connectivity index (χ4v) is 3.98. The molecule has 35 heavy (non-hydrogen) atoms. The highest BCUT2D eigenvalue weighted by Crippen LogP contribution is 2.22. The van der Waals surface area contributed by atoms with Gasteiger partial charge in [-0.15, -0.1) is 0 Å². The number of amides is 1. The molecule has 0 aliphatic rings. The van der Waals surface area contributed by atoms with Crippen molar-refractivity contribution in [2.45, 2.75) is 26.3 Å². The summed E-state index contributed by atoms with van der Waals surface area (Å²) in [6.07, 6.45) is 1.49. The maximum atomic E-state index is 12.1. The molecule has 0 aliphatic heterocycles. The molecule has 3 aromatic carbocycles. The van der Waals surface area contributed by atoms with Gasteiger partial charge in [-0.05, 0) is 73.5 Å². The number of ether oxygens (including phenoxy) is 2. The molecule has 0 fully saturated rings. The number of aromatic nitrogens is 2. The molecule has 1 N–H and O–H groups in total. The summed E-state index contributed by atoms with van der Waals surface area (Å²) < 4.78 is 13.6. The van der Waals surface area contributed by atoms with E-state index in [4.69, 9.17) is 37.7 Å². The molecule has 0 saturated heterocycles. The molecule has 0 saturated carbocycles. The largest absolute Gasteiger partial charge is 0.492 e. The monoisotopic (exact) mass is 511 g/mol. The Kier molecular flexibility index (Phi) is 8.50. The van der Waals surface area contributed by atoms with E-state index in [1.54, 1.807) is 24.3 Å². The molecular formula is C27H27Cl2N3O3. The third kappa shape index (κ3) is 6.90. The van der Waals surface area contributed by atoms with Gasteiger partial charge < -0.3 is 19.4 Å². The quantitative estimate of drug-likeness (QED) is 0.256. The predicted molar refractivity (Wildman–Crippen MR) is 140 cm³/mol. The summed E-state index contributed by atoms with van der Waals surface area (Å²) >= 11 is 12.0. The third-order valence-electron chi connectivity index (χ3n) is 5.53. The summed E-state index contributed by atoms with van der Waals surface area (Å²) in [5, 5.41) is 4.25. The van der Waals surface area contributed by atoms with Crippen molar-refractivity contribution in [3.05, 3.63) is 88.2 Å².